The molecule has 5 rings (SSSR count). The average molecular weight is 960 g/mol. The lowest BCUT2D eigenvalue weighted by atomic mass is 9.98. The number of carboxylic acid groups (broad SMARTS) is 1. The zero-order valence-corrected chi connectivity index (χ0v) is 39.9. The van der Waals surface area contributed by atoms with E-state index in [1.807, 2.05) is 6.92 Å². The number of nitrogens with one attached hydrogen (secondary N) is 6. The van der Waals surface area contributed by atoms with Crippen LogP contribution in [0.25, 0.3) is 0 Å². The molecule has 3 fully saturated rings. The summed E-state index contributed by atoms with van der Waals surface area (Å²) in [7, 11) is 0. The normalized spacial score (nSPS) is 20.4. The van der Waals surface area contributed by atoms with Gasteiger partial charge in [0, 0.05) is 32.4 Å². The number of likely N-dealkylation sites (tertiary alicyclic amines) is 2. The molecule has 3 heterocycles. The van der Waals surface area contributed by atoms with E-state index >= 15 is 0 Å². The Bertz CT molecular complexity index is 2150. The van der Waals surface area contributed by atoms with E-state index < -0.39 is 108 Å². The molecule has 0 aliphatic carbocycles. The number of phenols is 1. The highest BCUT2D eigenvalue weighted by atomic mass is 16.4. The minimum absolute atomic E-state index is 0.00871. The third kappa shape index (κ3) is 14.7. The molecule has 20 heteroatoms. The van der Waals surface area contributed by atoms with Gasteiger partial charge in [-0.1, -0.05) is 76.6 Å². The Morgan fingerprint density at radius 3 is 1.78 bits per heavy atom. The average Bonchev–Trinajstić information content (AvgIpc) is 4.14. The van der Waals surface area contributed by atoms with Gasteiger partial charge in [0.1, 0.15) is 48.0 Å². The fourth-order valence-corrected chi connectivity index (χ4v) is 9.14. The summed E-state index contributed by atoms with van der Waals surface area (Å²) < 4.78 is 0. The van der Waals surface area contributed by atoms with Crippen LogP contribution in [-0.4, -0.2) is 141 Å². The van der Waals surface area contributed by atoms with Crippen LogP contribution in [0.15, 0.2) is 54.6 Å². The quantitative estimate of drug-likeness (QED) is 0.0731. The summed E-state index contributed by atoms with van der Waals surface area (Å²) in [5, 5.41) is 36.4. The third-order valence-electron chi connectivity index (χ3n) is 13.3. The number of benzene rings is 2. The molecule has 2 aromatic rings. The Balaban J connectivity index is 1.33. The van der Waals surface area contributed by atoms with E-state index in [2.05, 4.69) is 31.9 Å². The molecule has 69 heavy (non-hydrogen) atoms. The summed E-state index contributed by atoms with van der Waals surface area (Å²) in [4.78, 5) is 125. The van der Waals surface area contributed by atoms with Crippen molar-refractivity contribution in [1.82, 2.24) is 41.7 Å². The zero-order chi connectivity index (χ0) is 50.4. The fraction of sp³-hybridized carbons (Fsp3) is 0.571. The van der Waals surface area contributed by atoms with Crippen LogP contribution in [0.2, 0.25) is 0 Å². The number of carbonyl (C=O) groups excluding carboxylic acids is 8. The topological polar surface area (TPSA) is 299 Å². The number of aromatic hydroxyl groups is 1. The molecule has 9 unspecified atom stereocenters. The standard InChI is InChI=1S/C49H69N9O11/c1-5-29(4)41(42(50)62)56-46(66)38-16-11-24-57(38)48(68)34(21-22-39(60)61)52-47(67)40(28(2)3)55-44(64)35(26-30-12-7-6-8-13-30)53-45(65)37-15-10-25-58(37)49(69)36(27-31-17-19-32(59)20-18-31)54-43(63)33-14-9-23-51-33/h6-8,12-13,17-20,28-29,33-38,40-41,51,59H,5,9-11,14-16,21-27H2,1-4H3,(H2,50,62)(H,52,67)(H,53,65)(H,54,63)(H,55,64)(H,56,66)(H,60,61). The van der Waals surface area contributed by atoms with E-state index in [9.17, 15) is 53.4 Å². The van der Waals surface area contributed by atoms with E-state index in [0.717, 1.165) is 6.42 Å². The first-order valence-corrected chi connectivity index (χ1v) is 24.1. The number of nitrogens with zero attached hydrogens (tertiary/aromatic N) is 2. The molecule has 0 spiro atoms. The second kappa shape index (κ2) is 25.2. The highest BCUT2D eigenvalue weighted by molar-refractivity contribution is 5.98. The first kappa shape index (κ1) is 53.4. The molecule has 0 aromatic heterocycles. The summed E-state index contributed by atoms with van der Waals surface area (Å²) in [6.07, 6.45) is 2.61. The molecule has 8 amide bonds. The lowest BCUT2D eigenvalue weighted by Gasteiger charge is -2.32. The second-order valence-electron chi connectivity index (χ2n) is 18.7. The van der Waals surface area contributed by atoms with Crippen LogP contribution in [0, 0.1) is 11.8 Å². The zero-order valence-electron chi connectivity index (χ0n) is 39.9. The molecule has 376 valence electrons. The van der Waals surface area contributed by atoms with Crippen LogP contribution in [0.4, 0.5) is 0 Å². The van der Waals surface area contributed by atoms with Crippen LogP contribution in [-0.2, 0) is 56.0 Å². The van der Waals surface area contributed by atoms with Gasteiger partial charge < -0.3 is 57.6 Å². The molecular formula is C49H69N9O11. The SMILES string of the molecule is CCC(C)C(NC(=O)C1CCCN1C(=O)C(CCC(=O)O)NC(=O)C(NC(=O)C(Cc1ccccc1)NC(=O)C1CCCN1C(=O)C(Cc1ccc(O)cc1)NC(=O)C1CCCN1)C(C)C)C(N)=O. The Kier molecular flexibility index (Phi) is 19.5. The van der Waals surface area contributed by atoms with E-state index in [-0.39, 0.29) is 62.8 Å². The van der Waals surface area contributed by atoms with E-state index in [1.54, 1.807) is 63.2 Å². The highest BCUT2D eigenvalue weighted by Crippen LogP contribution is 2.23. The molecule has 9 atom stereocenters. The summed E-state index contributed by atoms with van der Waals surface area (Å²) >= 11 is 0. The van der Waals surface area contributed by atoms with E-state index in [4.69, 9.17) is 5.73 Å². The van der Waals surface area contributed by atoms with E-state index in [0.29, 0.717) is 43.4 Å². The molecule has 3 aliphatic heterocycles. The molecular weight excluding hydrogens is 891 g/mol. The molecule has 3 aliphatic rings. The lowest BCUT2D eigenvalue weighted by molar-refractivity contribution is -0.144. The number of carboxylic acids is 1. The van der Waals surface area contributed by atoms with Crippen molar-refractivity contribution in [2.24, 2.45) is 17.6 Å². The number of rotatable bonds is 23. The van der Waals surface area contributed by atoms with Crippen molar-refractivity contribution in [1.29, 1.82) is 0 Å². The van der Waals surface area contributed by atoms with Gasteiger partial charge >= 0.3 is 5.97 Å². The molecule has 0 saturated carbocycles. The van der Waals surface area contributed by atoms with Crippen molar-refractivity contribution in [3.05, 3.63) is 65.7 Å². The lowest BCUT2D eigenvalue weighted by Crippen LogP contribution is -2.61. The third-order valence-corrected chi connectivity index (χ3v) is 13.3. The maximum Gasteiger partial charge on any atom is 0.303 e. The van der Waals surface area contributed by atoms with Crippen molar-refractivity contribution in [2.75, 3.05) is 19.6 Å². The molecule has 3 saturated heterocycles. The van der Waals surface area contributed by atoms with Crippen molar-refractivity contribution in [2.45, 2.75) is 147 Å². The Labute approximate surface area is 402 Å². The van der Waals surface area contributed by atoms with Crippen LogP contribution in [0.1, 0.15) is 96.6 Å². The van der Waals surface area contributed by atoms with E-state index in [1.165, 1.54) is 21.9 Å². The van der Waals surface area contributed by atoms with Crippen molar-refractivity contribution < 1.29 is 53.4 Å². The molecule has 20 nitrogen and oxygen atoms in total. The predicted octanol–water partition coefficient (Wildman–Crippen LogP) is 0.388. The Hall–Kier alpha value is -6.57. The summed E-state index contributed by atoms with van der Waals surface area (Å²) in [5.41, 5.74) is 6.93. The van der Waals surface area contributed by atoms with Gasteiger partial charge in [0.05, 0.1) is 6.04 Å². The van der Waals surface area contributed by atoms with Crippen molar-refractivity contribution in [3.8, 4) is 5.75 Å². The second-order valence-corrected chi connectivity index (χ2v) is 18.7. The van der Waals surface area contributed by atoms with Gasteiger partial charge in [0.25, 0.3) is 0 Å². The first-order valence-electron chi connectivity index (χ1n) is 24.1. The number of hydrogen-bond donors (Lipinski definition) is 9. The summed E-state index contributed by atoms with van der Waals surface area (Å²) in [5.74, 6) is -7.10. The number of primary amides is 1. The molecule has 2 aromatic carbocycles. The van der Waals surface area contributed by atoms with Crippen LogP contribution in [0.5, 0.6) is 5.75 Å². The number of carbonyl (C=O) groups is 9. The minimum atomic E-state index is -1.41. The molecule has 0 radical (unpaired) electrons. The predicted molar refractivity (Wildman–Crippen MR) is 252 cm³/mol. The van der Waals surface area contributed by atoms with Crippen molar-refractivity contribution in [3.63, 3.8) is 0 Å². The largest absolute Gasteiger partial charge is 0.508 e. The van der Waals surface area contributed by atoms with Gasteiger partial charge in [-0.25, -0.2) is 0 Å². The van der Waals surface area contributed by atoms with Gasteiger partial charge in [-0.05, 0) is 86.6 Å². The van der Waals surface area contributed by atoms with Crippen LogP contribution >= 0.6 is 0 Å². The number of nitrogens with two attached hydrogens (primary N) is 1. The molecule has 10 N–H and O–H groups in total. The Morgan fingerprint density at radius 1 is 0.667 bits per heavy atom. The Morgan fingerprint density at radius 2 is 1.23 bits per heavy atom. The molecule has 0 bridgehead atoms. The smallest absolute Gasteiger partial charge is 0.303 e. The van der Waals surface area contributed by atoms with Gasteiger partial charge in [-0.15, -0.1) is 0 Å². The highest BCUT2D eigenvalue weighted by Gasteiger charge is 2.42. The van der Waals surface area contributed by atoms with Gasteiger partial charge in [0.15, 0.2) is 0 Å². The summed E-state index contributed by atoms with van der Waals surface area (Å²) in [6, 6.07) is 6.63. The number of phenolic OH excluding ortho intramolecular Hbond substituents is 1. The maximum atomic E-state index is 14.4. The van der Waals surface area contributed by atoms with Crippen LogP contribution < -0.4 is 37.6 Å². The van der Waals surface area contributed by atoms with Crippen LogP contribution in [0.3, 0.4) is 0 Å². The first-order chi connectivity index (χ1) is 32.9. The number of aliphatic carboxylic acids is 1. The summed E-state index contributed by atoms with van der Waals surface area (Å²) in [6.45, 7) is 7.92. The van der Waals surface area contributed by atoms with Gasteiger partial charge in [0.2, 0.25) is 47.3 Å². The number of hydrogen-bond acceptors (Lipinski definition) is 11. The monoisotopic (exact) mass is 960 g/mol. The minimum Gasteiger partial charge on any atom is -0.508 e. The number of amides is 8. The van der Waals surface area contributed by atoms with Gasteiger partial charge in [-0.3, -0.25) is 43.2 Å². The van der Waals surface area contributed by atoms with Crippen molar-refractivity contribution >= 4 is 53.2 Å². The maximum absolute atomic E-state index is 14.4. The van der Waals surface area contributed by atoms with Gasteiger partial charge in [-0.2, -0.15) is 0 Å². The fourth-order valence-electron chi connectivity index (χ4n) is 9.14.